The summed E-state index contributed by atoms with van der Waals surface area (Å²) in [5, 5.41) is 13.0. The van der Waals surface area contributed by atoms with E-state index in [1.165, 1.54) is 6.07 Å². The van der Waals surface area contributed by atoms with Crippen LogP contribution in [-0.4, -0.2) is 36.4 Å². The van der Waals surface area contributed by atoms with Gasteiger partial charge in [-0.05, 0) is 44.9 Å². The van der Waals surface area contributed by atoms with Crippen LogP contribution in [0.5, 0.6) is 0 Å². The summed E-state index contributed by atoms with van der Waals surface area (Å²) < 4.78 is 13.3. The summed E-state index contributed by atoms with van der Waals surface area (Å²) in [6.45, 7) is 10.1. The largest absolute Gasteiger partial charge is 0.394 e. The first-order valence-corrected chi connectivity index (χ1v) is 7.79. The smallest absolute Gasteiger partial charge is 0.125 e. The van der Waals surface area contributed by atoms with E-state index in [1.54, 1.807) is 12.1 Å². The van der Waals surface area contributed by atoms with E-state index in [1.807, 2.05) is 13.0 Å². The van der Waals surface area contributed by atoms with Gasteiger partial charge in [0.25, 0.3) is 0 Å². The third-order valence-corrected chi connectivity index (χ3v) is 3.70. The Morgan fingerprint density at radius 2 is 2.10 bits per heavy atom. The number of nitrogens with one attached hydrogen (secondary N) is 1. The molecule has 0 fully saturated rings. The van der Waals surface area contributed by atoms with Crippen molar-refractivity contribution in [3.8, 4) is 0 Å². The van der Waals surface area contributed by atoms with E-state index < -0.39 is 0 Å². The summed E-state index contributed by atoms with van der Waals surface area (Å²) in [6.07, 6.45) is 1.83. The molecule has 0 aliphatic rings. The molecular formula is C17H29FN2O. The Labute approximate surface area is 128 Å². The first-order chi connectivity index (χ1) is 9.90. The summed E-state index contributed by atoms with van der Waals surface area (Å²) in [4.78, 5) is 2.16. The zero-order valence-electron chi connectivity index (χ0n) is 13.7. The lowest BCUT2D eigenvalue weighted by Crippen LogP contribution is -2.49. The molecule has 1 aromatic carbocycles. The molecule has 1 rings (SSSR count). The van der Waals surface area contributed by atoms with E-state index in [2.05, 4.69) is 31.0 Å². The average Bonchev–Trinajstić information content (AvgIpc) is 2.43. The van der Waals surface area contributed by atoms with Gasteiger partial charge in [-0.15, -0.1) is 0 Å². The molecule has 1 aromatic rings. The van der Waals surface area contributed by atoms with Crippen molar-refractivity contribution in [3.63, 3.8) is 0 Å². The van der Waals surface area contributed by atoms with E-state index in [9.17, 15) is 9.50 Å². The van der Waals surface area contributed by atoms with Gasteiger partial charge < -0.3 is 15.3 Å². The van der Waals surface area contributed by atoms with E-state index in [0.29, 0.717) is 6.04 Å². The summed E-state index contributed by atoms with van der Waals surface area (Å²) in [7, 11) is 0. The van der Waals surface area contributed by atoms with Crippen LogP contribution in [-0.2, 0) is 0 Å². The Hall–Kier alpha value is -1.13. The molecule has 0 saturated heterocycles. The predicted molar refractivity (Wildman–Crippen MR) is 87.3 cm³/mol. The molecule has 0 amide bonds. The molecule has 120 valence electrons. The highest BCUT2D eigenvalue weighted by molar-refractivity contribution is 5.46. The van der Waals surface area contributed by atoms with Gasteiger partial charge in [0.15, 0.2) is 0 Å². The molecule has 4 heteroatoms. The standard InChI is InChI=1S/C17H29FN2O/c1-5-20(16-9-6-8-15(18)12-16)11-7-10-17(4,13-21)19-14(2)3/h6,8-9,12,14,19,21H,5,7,10-11,13H2,1-4H3. The number of hydrogen-bond acceptors (Lipinski definition) is 3. The summed E-state index contributed by atoms with van der Waals surface area (Å²) in [6, 6.07) is 7.05. The minimum atomic E-state index is -0.254. The van der Waals surface area contributed by atoms with E-state index in [-0.39, 0.29) is 18.0 Å². The van der Waals surface area contributed by atoms with Gasteiger partial charge in [0.1, 0.15) is 5.82 Å². The predicted octanol–water partition coefficient (Wildman–Crippen LogP) is 3.18. The zero-order valence-corrected chi connectivity index (χ0v) is 13.7. The van der Waals surface area contributed by atoms with Crippen molar-refractivity contribution in [1.82, 2.24) is 5.32 Å². The van der Waals surface area contributed by atoms with Crippen molar-refractivity contribution < 1.29 is 9.50 Å². The lowest BCUT2D eigenvalue weighted by atomic mass is 9.95. The number of rotatable bonds is 9. The minimum Gasteiger partial charge on any atom is -0.394 e. The molecule has 0 heterocycles. The summed E-state index contributed by atoms with van der Waals surface area (Å²) in [5.41, 5.74) is 0.662. The van der Waals surface area contributed by atoms with E-state index in [4.69, 9.17) is 0 Å². The lowest BCUT2D eigenvalue weighted by Gasteiger charge is -2.32. The van der Waals surface area contributed by atoms with Gasteiger partial charge >= 0.3 is 0 Å². The Kier molecular flexibility index (Phi) is 7.12. The van der Waals surface area contributed by atoms with Crippen LogP contribution in [0.2, 0.25) is 0 Å². The fourth-order valence-electron chi connectivity index (χ4n) is 2.70. The van der Waals surface area contributed by atoms with Gasteiger partial charge in [0.2, 0.25) is 0 Å². The topological polar surface area (TPSA) is 35.5 Å². The highest BCUT2D eigenvalue weighted by Crippen LogP contribution is 2.18. The average molecular weight is 296 g/mol. The summed E-state index contributed by atoms with van der Waals surface area (Å²) >= 11 is 0. The normalized spacial score (nSPS) is 14.2. The molecule has 0 aliphatic heterocycles. The Morgan fingerprint density at radius 3 is 2.62 bits per heavy atom. The zero-order chi connectivity index (χ0) is 15.9. The molecule has 2 N–H and O–H groups in total. The second-order valence-corrected chi connectivity index (χ2v) is 6.18. The van der Waals surface area contributed by atoms with Crippen molar-refractivity contribution in [3.05, 3.63) is 30.1 Å². The lowest BCUT2D eigenvalue weighted by molar-refractivity contribution is 0.155. The van der Waals surface area contributed by atoms with E-state index in [0.717, 1.165) is 31.6 Å². The number of benzene rings is 1. The molecule has 1 atom stereocenters. The number of nitrogens with zero attached hydrogens (tertiary/aromatic N) is 1. The molecular weight excluding hydrogens is 267 g/mol. The van der Waals surface area contributed by atoms with Gasteiger partial charge in [0.05, 0.1) is 6.61 Å². The monoisotopic (exact) mass is 296 g/mol. The second kappa shape index (κ2) is 8.35. The van der Waals surface area contributed by atoms with Crippen LogP contribution in [0.1, 0.15) is 40.5 Å². The number of aliphatic hydroxyl groups is 1. The van der Waals surface area contributed by atoms with Gasteiger partial charge in [-0.2, -0.15) is 0 Å². The number of halogens is 1. The van der Waals surface area contributed by atoms with Crippen LogP contribution in [0.3, 0.4) is 0 Å². The fraction of sp³-hybridized carbons (Fsp3) is 0.647. The third-order valence-electron chi connectivity index (χ3n) is 3.70. The van der Waals surface area contributed by atoms with E-state index >= 15 is 0 Å². The SMILES string of the molecule is CCN(CCCC(C)(CO)NC(C)C)c1cccc(F)c1. The molecule has 0 spiro atoms. The Morgan fingerprint density at radius 1 is 1.38 bits per heavy atom. The maximum Gasteiger partial charge on any atom is 0.125 e. The van der Waals surface area contributed by atoms with Crippen molar-refractivity contribution in [2.24, 2.45) is 0 Å². The molecule has 21 heavy (non-hydrogen) atoms. The van der Waals surface area contributed by atoms with Gasteiger partial charge in [0, 0.05) is 30.4 Å². The van der Waals surface area contributed by atoms with Crippen LogP contribution in [0.4, 0.5) is 10.1 Å². The van der Waals surface area contributed by atoms with Gasteiger partial charge in [-0.3, -0.25) is 0 Å². The summed E-state index contributed by atoms with van der Waals surface area (Å²) in [5.74, 6) is -0.201. The van der Waals surface area contributed by atoms with Gasteiger partial charge in [-0.1, -0.05) is 19.9 Å². The second-order valence-electron chi connectivity index (χ2n) is 6.18. The Balaban J connectivity index is 2.55. The van der Waals surface area contributed by atoms with Crippen molar-refractivity contribution >= 4 is 5.69 Å². The Bertz CT molecular complexity index is 425. The number of aliphatic hydroxyl groups excluding tert-OH is 1. The van der Waals surface area contributed by atoms with Crippen LogP contribution < -0.4 is 10.2 Å². The molecule has 1 unspecified atom stereocenters. The van der Waals surface area contributed by atoms with Crippen LogP contribution in [0.15, 0.2) is 24.3 Å². The molecule has 3 nitrogen and oxygen atoms in total. The van der Waals surface area contributed by atoms with Crippen LogP contribution in [0.25, 0.3) is 0 Å². The maximum absolute atomic E-state index is 13.3. The highest BCUT2D eigenvalue weighted by Gasteiger charge is 2.23. The number of anilines is 1. The highest BCUT2D eigenvalue weighted by atomic mass is 19.1. The van der Waals surface area contributed by atoms with Crippen LogP contribution >= 0.6 is 0 Å². The quantitative estimate of drug-likeness (QED) is 0.734. The minimum absolute atomic E-state index is 0.122. The van der Waals surface area contributed by atoms with Crippen molar-refractivity contribution in [2.75, 3.05) is 24.6 Å². The van der Waals surface area contributed by atoms with Crippen molar-refractivity contribution in [1.29, 1.82) is 0 Å². The molecule has 0 aliphatic carbocycles. The van der Waals surface area contributed by atoms with Crippen molar-refractivity contribution in [2.45, 2.75) is 52.1 Å². The molecule has 0 radical (unpaired) electrons. The number of hydrogen-bond donors (Lipinski definition) is 2. The molecule has 0 saturated carbocycles. The first-order valence-electron chi connectivity index (χ1n) is 7.79. The first kappa shape index (κ1) is 17.9. The third kappa shape index (κ3) is 6.02. The molecule has 0 bridgehead atoms. The van der Waals surface area contributed by atoms with Gasteiger partial charge in [-0.25, -0.2) is 4.39 Å². The maximum atomic E-state index is 13.3. The van der Waals surface area contributed by atoms with Crippen LogP contribution in [0, 0.1) is 5.82 Å². The molecule has 0 aromatic heterocycles. The fourth-order valence-corrected chi connectivity index (χ4v) is 2.70.